The Bertz CT molecular complexity index is 442. The first-order valence-corrected chi connectivity index (χ1v) is 6.08. The number of carbonyl (C=O) groups excluding carboxylic acids is 1. The van der Waals surface area contributed by atoms with E-state index in [2.05, 4.69) is 18.3 Å². The minimum Gasteiger partial charge on any atom is -0.454 e. The molecule has 1 aromatic carbocycles. The van der Waals surface area contributed by atoms with Gasteiger partial charge in [-0.2, -0.15) is 0 Å². The van der Waals surface area contributed by atoms with E-state index in [-0.39, 0.29) is 5.97 Å². The van der Waals surface area contributed by atoms with Crippen molar-refractivity contribution in [2.45, 2.75) is 32.3 Å². The van der Waals surface area contributed by atoms with Crippen molar-refractivity contribution in [1.29, 1.82) is 0 Å². The van der Waals surface area contributed by atoms with Crippen LogP contribution in [0.25, 0.3) is 0 Å². The zero-order valence-corrected chi connectivity index (χ0v) is 10.7. The zero-order valence-electron chi connectivity index (χ0n) is 10.7. The quantitative estimate of drug-likeness (QED) is 0.811. The molecule has 0 fully saturated rings. The molecule has 1 heterocycles. The van der Waals surface area contributed by atoms with Crippen LogP contribution in [-0.2, 0) is 17.6 Å². The molecular formula is C14H19NO2. The number of fused-ring (bicyclic) bond motifs is 1. The van der Waals surface area contributed by atoms with Gasteiger partial charge in [0.2, 0.25) is 0 Å². The highest BCUT2D eigenvalue weighted by atomic mass is 16.6. The standard InChI is InChI=1S/C14H19NO2/c1-4-10-6-5-7-11-12(10)8-14(2,9-15-3)17-13(11)16/h5-7,15H,4,8-9H2,1-3H3. The van der Waals surface area contributed by atoms with Crippen LogP contribution < -0.4 is 5.32 Å². The lowest BCUT2D eigenvalue weighted by atomic mass is 9.86. The molecule has 0 aliphatic carbocycles. The topological polar surface area (TPSA) is 38.3 Å². The van der Waals surface area contributed by atoms with Crippen LogP contribution in [0.1, 0.15) is 35.3 Å². The first-order chi connectivity index (χ1) is 8.09. The Labute approximate surface area is 102 Å². The van der Waals surface area contributed by atoms with Crippen LogP contribution in [0.5, 0.6) is 0 Å². The first kappa shape index (κ1) is 12.1. The number of esters is 1. The van der Waals surface area contributed by atoms with Gasteiger partial charge in [0.05, 0.1) is 5.56 Å². The molecule has 1 aromatic rings. The Morgan fingerprint density at radius 2 is 2.24 bits per heavy atom. The van der Waals surface area contributed by atoms with E-state index in [1.807, 2.05) is 26.1 Å². The van der Waals surface area contributed by atoms with Crippen molar-refractivity contribution in [1.82, 2.24) is 5.32 Å². The molecule has 3 heteroatoms. The van der Waals surface area contributed by atoms with Gasteiger partial charge in [-0.3, -0.25) is 0 Å². The summed E-state index contributed by atoms with van der Waals surface area (Å²) in [7, 11) is 1.88. The van der Waals surface area contributed by atoms with E-state index in [4.69, 9.17) is 4.74 Å². The maximum Gasteiger partial charge on any atom is 0.339 e. The number of nitrogens with one attached hydrogen (secondary N) is 1. The lowest BCUT2D eigenvalue weighted by molar-refractivity contribution is -0.0141. The molecule has 1 N–H and O–H groups in total. The molecule has 17 heavy (non-hydrogen) atoms. The second-order valence-corrected chi connectivity index (χ2v) is 4.84. The fraction of sp³-hybridized carbons (Fsp3) is 0.500. The molecule has 92 valence electrons. The summed E-state index contributed by atoms with van der Waals surface area (Å²) in [5.41, 5.74) is 2.72. The maximum absolute atomic E-state index is 12.0. The second kappa shape index (κ2) is 4.49. The summed E-state index contributed by atoms with van der Waals surface area (Å²) in [5.74, 6) is -0.195. The number of aryl methyl sites for hydroxylation is 1. The predicted octanol–water partition coefficient (Wildman–Crippen LogP) is 1.94. The summed E-state index contributed by atoms with van der Waals surface area (Å²) in [5, 5.41) is 3.09. The van der Waals surface area contributed by atoms with Crippen molar-refractivity contribution in [2.75, 3.05) is 13.6 Å². The number of ether oxygens (including phenoxy) is 1. The zero-order chi connectivity index (χ0) is 12.5. The van der Waals surface area contributed by atoms with E-state index in [0.29, 0.717) is 6.54 Å². The molecule has 0 spiro atoms. The highest BCUT2D eigenvalue weighted by molar-refractivity contribution is 5.93. The van der Waals surface area contributed by atoms with E-state index in [9.17, 15) is 4.79 Å². The van der Waals surface area contributed by atoms with Crippen molar-refractivity contribution in [3.63, 3.8) is 0 Å². The van der Waals surface area contributed by atoms with Gasteiger partial charge in [-0.15, -0.1) is 0 Å². The second-order valence-electron chi connectivity index (χ2n) is 4.84. The van der Waals surface area contributed by atoms with Gasteiger partial charge in [0.25, 0.3) is 0 Å². The smallest absolute Gasteiger partial charge is 0.339 e. The van der Waals surface area contributed by atoms with Gasteiger partial charge in [-0.25, -0.2) is 4.79 Å². The summed E-state index contributed by atoms with van der Waals surface area (Å²) in [6.45, 7) is 4.78. The molecule has 1 aliphatic rings. The summed E-state index contributed by atoms with van der Waals surface area (Å²) in [6, 6.07) is 5.88. The van der Waals surface area contributed by atoms with Gasteiger partial charge in [-0.05, 0) is 37.6 Å². The van der Waals surface area contributed by atoms with E-state index in [1.165, 1.54) is 5.56 Å². The molecule has 1 aliphatic heterocycles. The predicted molar refractivity (Wildman–Crippen MR) is 67.3 cm³/mol. The number of rotatable bonds is 3. The molecule has 0 bridgehead atoms. The number of carbonyl (C=O) groups is 1. The number of benzene rings is 1. The first-order valence-electron chi connectivity index (χ1n) is 6.08. The SMILES string of the molecule is CCc1cccc2c1CC(C)(CNC)OC2=O. The van der Waals surface area contributed by atoms with Crippen LogP contribution in [0.2, 0.25) is 0 Å². The number of likely N-dealkylation sites (N-methyl/N-ethyl adjacent to an activating group) is 1. The van der Waals surface area contributed by atoms with Crippen LogP contribution in [0, 0.1) is 0 Å². The summed E-state index contributed by atoms with van der Waals surface area (Å²) >= 11 is 0. The van der Waals surface area contributed by atoms with Crippen molar-refractivity contribution < 1.29 is 9.53 Å². The third-order valence-electron chi connectivity index (χ3n) is 3.31. The third-order valence-corrected chi connectivity index (χ3v) is 3.31. The Hall–Kier alpha value is -1.35. The van der Waals surface area contributed by atoms with Crippen LogP contribution in [0.3, 0.4) is 0 Å². The van der Waals surface area contributed by atoms with E-state index in [1.54, 1.807) is 0 Å². The molecule has 1 unspecified atom stereocenters. The van der Waals surface area contributed by atoms with Crippen molar-refractivity contribution in [3.8, 4) is 0 Å². The van der Waals surface area contributed by atoms with Crippen LogP contribution in [0.4, 0.5) is 0 Å². The highest BCUT2D eigenvalue weighted by Gasteiger charge is 2.36. The Morgan fingerprint density at radius 1 is 1.47 bits per heavy atom. The molecule has 0 aromatic heterocycles. The van der Waals surface area contributed by atoms with Gasteiger partial charge in [0.1, 0.15) is 5.60 Å². The van der Waals surface area contributed by atoms with Crippen molar-refractivity contribution in [3.05, 3.63) is 34.9 Å². The van der Waals surface area contributed by atoms with E-state index >= 15 is 0 Å². The average Bonchev–Trinajstić information content (AvgIpc) is 2.28. The van der Waals surface area contributed by atoms with Gasteiger partial charge < -0.3 is 10.1 Å². The minimum absolute atomic E-state index is 0.195. The number of cyclic esters (lactones) is 1. The Kier molecular flexibility index (Phi) is 3.20. The highest BCUT2D eigenvalue weighted by Crippen LogP contribution is 2.30. The minimum atomic E-state index is -0.426. The monoisotopic (exact) mass is 233 g/mol. The molecule has 1 atom stereocenters. The Morgan fingerprint density at radius 3 is 2.88 bits per heavy atom. The maximum atomic E-state index is 12.0. The van der Waals surface area contributed by atoms with Crippen molar-refractivity contribution in [2.24, 2.45) is 0 Å². The van der Waals surface area contributed by atoms with E-state index < -0.39 is 5.60 Å². The molecule has 2 rings (SSSR count). The fourth-order valence-corrected chi connectivity index (χ4v) is 2.53. The van der Waals surface area contributed by atoms with E-state index in [0.717, 1.165) is 24.0 Å². The van der Waals surface area contributed by atoms with Gasteiger partial charge in [-0.1, -0.05) is 19.1 Å². The van der Waals surface area contributed by atoms with Crippen LogP contribution in [0.15, 0.2) is 18.2 Å². The van der Waals surface area contributed by atoms with Crippen molar-refractivity contribution >= 4 is 5.97 Å². The van der Waals surface area contributed by atoms with Crippen LogP contribution in [-0.4, -0.2) is 25.2 Å². The normalized spacial score (nSPS) is 23.1. The molecular weight excluding hydrogens is 214 g/mol. The number of hydrogen-bond acceptors (Lipinski definition) is 3. The molecule has 0 radical (unpaired) electrons. The fourth-order valence-electron chi connectivity index (χ4n) is 2.53. The van der Waals surface area contributed by atoms with Gasteiger partial charge in [0.15, 0.2) is 0 Å². The van der Waals surface area contributed by atoms with Gasteiger partial charge in [0, 0.05) is 13.0 Å². The summed E-state index contributed by atoms with van der Waals surface area (Å²) in [6.07, 6.45) is 1.74. The van der Waals surface area contributed by atoms with Crippen LogP contribution >= 0.6 is 0 Å². The lowest BCUT2D eigenvalue weighted by Gasteiger charge is -2.35. The average molecular weight is 233 g/mol. The molecule has 0 amide bonds. The summed E-state index contributed by atoms with van der Waals surface area (Å²) in [4.78, 5) is 12.0. The molecule has 3 nitrogen and oxygen atoms in total. The third kappa shape index (κ3) is 2.20. The molecule has 0 saturated heterocycles. The number of hydrogen-bond donors (Lipinski definition) is 1. The largest absolute Gasteiger partial charge is 0.454 e. The summed E-state index contributed by atoms with van der Waals surface area (Å²) < 4.78 is 5.54. The molecule has 0 saturated carbocycles. The van der Waals surface area contributed by atoms with Gasteiger partial charge >= 0.3 is 5.97 Å². The lowest BCUT2D eigenvalue weighted by Crippen LogP contribution is -2.46. The Balaban J connectivity index is 2.43.